The van der Waals surface area contributed by atoms with Crippen molar-refractivity contribution in [1.29, 1.82) is 0 Å². The van der Waals surface area contributed by atoms with Crippen LogP contribution in [0.25, 0.3) is 11.1 Å². The molecule has 2 aromatic heterocycles. The Hall–Kier alpha value is -3.82. The highest BCUT2D eigenvalue weighted by atomic mass is 19.2. The van der Waals surface area contributed by atoms with E-state index in [-0.39, 0.29) is 34.0 Å². The second-order valence-corrected chi connectivity index (χ2v) is 5.35. The number of nitrogens with one attached hydrogen (secondary N) is 2. The fourth-order valence-electron chi connectivity index (χ4n) is 2.44. The predicted octanol–water partition coefficient (Wildman–Crippen LogP) is 2.11. The summed E-state index contributed by atoms with van der Waals surface area (Å²) in [6, 6.07) is 4.95. The molecule has 138 valence electrons. The van der Waals surface area contributed by atoms with Crippen LogP contribution in [0.15, 0.2) is 36.7 Å². The van der Waals surface area contributed by atoms with Crippen LogP contribution in [0.5, 0.6) is 5.75 Å². The molecule has 3 rings (SSSR count). The first-order valence-electron chi connectivity index (χ1n) is 7.55. The number of ether oxygens (including phenoxy) is 1. The molecule has 2 heterocycles. The fourth-order valence-corrected chi connectivity index (χ4v) is 2.44. The summed E-state index contributed by atoms with van der Waals surface area (Å²) in [6.45, 7) is 0. The standard InChI is InChI=1S/C17H13F2N5O3/c1-27-15-9(2-3-11(18)13(15)19)10-7-22-24-14(10)17(26)23-8-4-5-21-12(6-8)16(20)25/h2-7H,1H3,(H2,20,25)(H,22,24)(H,21,23,26). The fraction of sp³-hybridized carbons (Fsp3) is 0.0588. The molecule has 0 saturated carbocycles. The second-order valence-electron chi connectivity index (χ2n) is 5.35. The number of hydrogen-bond donors (Lipinski definition) is 3. The molecule has 2 amide bonds. The minimum atomic E-state index is -1.18. The van der Waals surface area contributed by atoms with Gasteiger partial charge in [-0.1, -0.05) is 0 Å². The molecule has 0 aliphatic rings. The Morgan fingerprint density at radius 1 is 1.22 bits per heavy atom. The first-order chi connectivity index (χ1) is 12.9. The third-order valence-corrected chi connectivity index (χ3v) is 3.68. The summed E-state index contributed by atoms with van der Waals surface area (Å²) in [5, 5.41) is 8.84. The predicted molar refractivity (Wildman–Crippen MR) is 91.2 cm³/mol. The summed E-state index contributed by atoms with van der Waals surface area (Å²) in [6.07, 6.45) is 2.59. The van der Waals surface area contributed by atoms with Gasteiger partial charge in [-0.2, -0.15) is 9.49 Å². The maximum Gasteiger partial charge on any atom is 0.274 e. The molecular weight excluding hydrogens is 360 g/mol. The number of nitrogens with two attached hydrogens (primary N) is 1. The third-order valence-electron chi connectivity index (χ3n) is 3.68. The molecule has 27 heavy (non-hydrogen) atoms. The summed E-state index contributed by atoms with van der Waals surface area (Å²) >= 11 is 0. The Morgan fingerprint density at radius 3 is 2.70 bits per heavy atom. The number of anilines is 1. The Morgan fingerprint density at radius 2 is 2.00 bits per heavy atom. The number of halogens is 2. The minimum absolute atomic E-state index is 0.0169. The van der Waals surface area contributed by atoms with E-state index in [0.29, 0.717) is 0 Å². The first-order valence-corrected chi connectivity index (χ1v) is 7.55. The molecule has 0 saturated heterocycles. The van der Waals surface area contributed by atoms with Crippen LogP contribution < -0.4 is 15.8 Å². The van der Waals surface area contributed by atoms with Crippen molar-refractivity contribution in [1.82, 2.24) is 15.2 Å². The van der Waals surface area contributed by atoms with Crippen LogP contribution >= 0.6 is 0 Å². The normalized spacial score (nSPS) is 10.5. The number of amides is 2. The summed E-state index contributed by atoms with van der Waals surface area (Å²) in [5.74, 6) is -4.00. The lowest BCUT2D eigenvalue weighted by molar-refractivity contribution is 0.0991. The van der Waals surface area contributed by atoms with Crippen molar-refractivity contribution in [3.05, 3.63) is 59.7 Å². The number of primary amides is 1. The van der Waals surface area contributed by atoms with Gasteiger partial charge in [-0.3, -0.25) is 19.7 Å². The molecule has 0 bridgehead atoms. The van der Waals surface area contributed by atoms with Crippen molar-refractivity contribution in [3.8, 4) is 16.9 Å². The maximum absolute atomic E-state index is 14.0. The van der Waals surface area contributed by atoms with E-state index >= 15 is 0 Å². The van der Waals surface area contributed by atoms with Gasteiger partial charge in [0.25, 0.3) is 11.8 Å². The van der Waals surface area contributed by atoms with Crippen molar-refractivity contribution >= 4 is 17.5 Å². The van der Waals surface area contributed by atoms with Gasteiger partial charge < -0.3 is 15.8 Å². The molecule has 0 radical (unpaired) electrons. The van der Waals surface area contributed by atoms with E-state index in [0.717, 1.165) is 6.07 Å². The molecule has 8 nitrogen and oxygen atoms in total. The summed E-state index contributed by atoms with van der Waals surface area (Å²) < 4.78 is 32.3. The number of pyridine rings is 1. The number of aromatic amines is 1. The van der Waals surface area contributed by atoms with Crippen molar-refractivity contribution in [2.45, 2.75) is 0 Å². The molecule has 4 N–H and O–H groups in total. The van der Waals surface area contributed by atoms with E-state index in [1.54, 1.807) is 0 Å². The second kappa shape index (κ2) is 7.20. The van der Waals surface area contributed by atoms with Crippen molar-refractivity contribution in [3.63, 3.8) is 0 Å². The van der Waals surface area contributed by atoms with Gasteiger partial charge in [-0.15, -0.1) is 0 Å². The molecule has 0 unspecified atom stereocenters. The number of nitrogens with zero attached hydrogens (tertiary/aromatic N) is 2. The van der Waals surface area contributed by atoms with Gasteiger partial charge in [0.15, 0.2) is 11.6 Å². The zero-order chi connectivity index (χ0) is 19.6. The van der Waals surface area contributed by atoms with Crippen LogP contribution in [0.1, 0.15) is 21.0 Å². The van der Waals surface area contributed by atoms with Gasteiger partial charge in [0.2, 0.25) is 5.82 Å². The largest absolute Gasteiger partial charge is 0.493 e. The van der Waals surface area contributed by atoms with Crippen LogP contribution in [-0.4, -0.2) is 34.1 Å². The molecular formula is C17H13F2N5O3. The highest BCUT2D eigenvalue weighted by molar-refractivity contribution is 6.07. The number of carbonyl (C=O) groups is 2. The summed E-state index contributed by atoms with van der Waals surface area (Å²) in [7, 11) is 1.18. The van der Waals surface area contributed by atoms with Crippen LogP contribution in [0, 0.1) is 11.6 Å². The van der Waals surface area contributed by atoms with Crippen LogP contribution in [0.2, 0.25) is 0 Å². The average Bonchev–Trinajstić information content (AvgIpc) is 3.13. The van der Waals surface area contributed by atoms with E-state index in [1.807, 2.05) is 0 Å². The number of rotatable bonds is 5. The number of carbonyl (C=O) groups excluding carboxylic acids is 2. The lowest BCUT2D eigenvalue weighted by atomic mass is 10.0. The number of H-pyrrole nitrogens is 1. The van der Waals surface area contributed by atoms with Gasteiger partial charge >= 0.3 is 0 Å². The molecule has 3 aromatic rings. The summed E-state index contributed by atoms with van der Waals surface area (Å²) in [4.78, 5) is 27.5. The molecule has 0 aliphatic carbocycles. The molecule has 0 spiro atoms. The SMILES string of the molecule is COc1c(-c2cn[nH]c2C(=O)Nc2ccnc(C(N)=O)c2)ccc(F)c1F. The highest BCUT2D eigenvalue weighted by Gasteiger charge is 2.22. The summed E-state index contributed by atoms with van der Waals surface area (Å²) in [5.41, 5.74) is 5.72. The van der Waals surface area contributed by atoms with Gasteiger partial charge in [0.05, 0.1) is 13.3 Å². The van der Waals surface area contributed by atoms with E-state index < -0.39 is 23.4 Å². The van der Waals surface area contributed by atoms with E-state index in [4.69, 9.17) is 10.5 Å². The monoisotopic (exact) mass is 373 g/mol. The Bertz CT molecular complexity index is 1040. The quantitative estimate of drug-likeness (QED) is 0.632. The number of methoxy groups -OCH3 is 1. The molecule has 0 aliphatic heterocycles. The number of aromatic nitrogens is 3. The molecule has 10 heteroatoms. The number of benzene rings is 1. The minimum Gasteiger partial charge on any atom is -0.493 e. The zero-order valence-electron chi connectivity index (χ0n) is 13.9. The Balaban J connectivity index is 1.96. The van der Waals surface area contributed by atoms with Crippen LogP contribution in [-0.2, 0) is 0 Å². The molecule has 1 aromatic carbocycles. The smallest absolute Gasteiger partial charge is 0.274 e. The highest BCUT2D eigenvalue weighted by Crippen LogP contribution is 2.35. The zero-order valence-corrected chi connectivity index (χ0v) is 13.9. The lowest BCUT2D eigenvalue weighted by Gasteiger charge is -2.11. The van der Waals surface area contributed by atoms with Gasteiger partial charge in [-0.05, 0) is 24.3 Å². The number of hydrogen-bond acceptors (Lipinski definition) is 5. The third kappa shape index (κ3) is 3.45. The molecule has 0 fully saturated rings. The van der Waals surface area contributed by atoms with E-state index in [9.17, 15) is 18.4 Å². The topological polar surface area (TPSA) is 123 Å². The molecule has 0 atom stereocenters. The average molecular weight is 373 g/mol. The van der Waals surface area contributed by atoms with E-state index in [2.05, 4.69) is 20.5 Å². The van der Waals surface area contributed by atoms with Crippen molar-refractivity contribution in [2.24, 2.45) is 5.73 Å². The van der Waals surface area contributed by atoms with Crippen LogP contribution in [0.3, 0.4) is 0 Å². The van der Waals surface area contributed by atoms with Crippen molar-refractivity contribution < 1.29 is 23.1 Å². The first kappa shape index (κ1) is 18.0. The van der Waals surface area contributed by atoms with Crippen molar-refractivity contribution in [2.75, 3.05) is 12.4 Å². The lowest BCUT2D eigenvalue weighted by Crippen LogP contribution is -2.16. The van der Waals surface area contributed by atoms with E-state index in [1.165, 1.54) is 37.7 Å². The Labute approximate surface area is 151 Å². The maximum atomic E-state index is 14.0. The van der Waals surface area contributed by atoms with Gasteiger partial charge in [0, 0.05) is 23.0 Å². The Kier molecular flexibility index (Phi) is 4.79. The van der Waals surface area contributed by atoms with Gasteiger partial charge in [0.1, 0.15) is 11.4 Å². The van der Waals surface area contributed by atoms with Gasteiger partial charge in [-0.25, -0.2) is 4.39 Å². The van der Waals surface area contributed by atoms with Crippen LogP contribution in [0.4, 0.5) is 14.5 Å².